The summed E-state index contributed by atoms with van der Waals surface area (Å²) in [6.45, 7) is 0. The summed E-state index contributed by atoms with van der Waals surface area (Å²) in [6.07, 6.45) is 1.90. The number of anilines is 1. The SMILES string of the molecule is COc1cccc(CCC(=O)Nc2ccc(S(C)(=O)=O)cc2)c1OC. The molecule has 0 saturated heterocycles. The fourth-order valence-electron chi connectivity index (χ4n) is 2.41. The quantitative estimate of drug-likeness (QED) is 0.818. The minimum atomic E-state index is -3.25. The Labute approximate surface area is 147 Å². The Kier molecular flexibility index (Phi) is 6.03. The Morgan fingerprint density at radius 2 is 1.72 bits per heavy atom. The Morgan fingerprint density at radius 3 is 2.28 bits per heavy atom. The normalized spacial score (nSPS) is 11.0. The number of rotatable bonds is 7. The van der Waals surface area contributed by atoms with Gasteiger partial charge in [-0.25, -0.2) is 8.42 Å². The smallest absolute Gasteiger partial charge is 0.224 e. The Bertz CT molecular complexity index is 844. The van der Waals surface area contributed by atoms with Gasteiger partial charge in [-0.2, -0.15) is 0 Å². The monoisotopic (exact) mass is 363 g/mol. The molecular weight excluding hydrogens is 342 g/mol. The largest absolute Gasteiger partial charge is 0.493 e. The highest BCUT2D eigenvalue weighted by Crippen LogP contribution is 2.31. The van der Waals surface area contributed by atoms with E-state index in [0.29, 0.717) is 23.6 Å². The van der Waals surface area contributed by atoms with E-state index in [1.807, 2.05) is 12.1 Å². The van der Waals surface area contributed by atoms with Crippen LogP contribution in [-0.4, -0.2) is 34.8 Å². The third-order valence-electron chi connectivity index (χ3n) is 3.67. The van der Waals surface area contributed by atoms with Crippen LogP contribution >= 0.6 is 0 Å². The summed E-state index contributed by atoms with van der Waals surface area (Å²) in [7, 11) is -0.123. The Balaban J connectivity index is 2.00. The third kappa shape index (κ3) is 4.96. The molecule has 0 aliphatic heterocycles. The second-order valence-corrected chi connectivity index (χ2v) is 7.51. The second-order valence-electron chi connectivity index (χ2n) is 5.50. The summed E-state index contributed by atoms with van der Waals surface area (Å²) >= 11 is 0. The molecule has 0 aliphatic rings. The van der Waals surface area contributed by atoms with Gasteiger partial charge in [0.05, 0.1) is 19.1 Å². The summed E-state index contributed by atoms with van der Waals surface area (Å²) in [5.41, 5.74) is 1.43. The number of carbonyl (C=O) groups excluding carboxylic acids is 1. The number of para-hydroxylation sites is 1. The molecule has 2 rings (SSSR count). The van der Waals surface area contributed by atoms with E-state index in [1.165, 1.54) is 12.1 Å². The van der Waals surface area contributed by atoms with Crippen molar-refractivity contribution in [2.45, 2.75) is 17.7 Å². The molecule has 1 N–H and O–H groups in total. The maximum atomic E-state index is 12.1. The van der Waals surface area contributed by atoms with E-state index >= 15 is 0 Å². The summed E-state index contributed by atoms with van der Waals surface area (Å²) in [5.74, 6) is 1.07. The van der Waals surface area contributed by atoms with Gasteiger partial charge in [0.15, 0.2) is 21.3 Å². The summed E-state index contributed by atoms with van der Waals surface area (Å²) < 4.78 is 33.5. The highest BCUT2D eigenvalue weighted by atomic mass is 32.2. The number of benzene rings is 2. The van der Waals surface area contributed by atoms with Crippen molar-refractivity contribution in [3.05, 3.63) is 48.0 Å². The van der Waals surface area contributed by atoms with Crippen molar-refractivity contribution in [1.29, 1.82) is 0 Å². The van der Waals surface area contributed by atoms with E-state index in [0.717, 1.165) is 11.8 Å². The van der Waals surface area contributed by atoms with Crippen LogP contribution in [0.2, 0.25) is 0 Å². The average molecular weight is 363 g/mol. The van der Waals surface area contributed by atoms with E-state index in [9.17, 15) is 13.2 Å². The van der Waals surface area contributed by atoms with Gasteiger partial charge in [-0.1, -0.05) is 12.1 Å². The van der Waals surface area contributed by atoms with Gasteiger partial charge < -0.3 is 14.8 Å². The number of hydrogen-bond acceptors (Lipinski definition) is 5. The van der Waals surface area contributed by atoms with E-state index in [-0.39, 0.29) is 17.2 Å². The lowest BCUT2D eigenvalue weighted by atomic mass is 10.1. The third-order valence-corrected chi connectivity index (χ3v) is 4.80. The minimum absolute atomic E-state index is 0.169. The molecule has 134 valence electrons. The molecular formula is C18H21NO5S. The zero-order valence-electron chi connectivity index (χ0n) is 14.4. The number of methoxy groups -OCH3 is 2. The molecule has 0 radical (unpaired) electrons. The molecule has 0 unspecified atom stereocenters. The number of carbonyl (C=O) groups is 1. The number of hydrogen-bond donors (Lipinski definition) is 1. The van der Waals surface area contributed by atoms with E-state index < -0.39 is 9.84 Å². The molecule has 0 saturated carbocycles. The fourth-order valence-corrected chi connectivity index (χ4v) is 3.04. The zero-order valence-corrected chi connectivity index (χ0v) is 15.2. The second kappa shape index (κ2) is 8.02. The van der Waals surface area contributed by atoms with E-state index in [2.05, 4.69) is 5.32 Å². The van der Waals surface area contributed by atoms with Crippen LogP contribution in [0.5, 0.6) is 11.5 Å². The molecule has 6 nitrogen and oxygen atoms in total. The predicted molar refractivity (Wildman–Crippen MR) is 96.0 cm³/mol. The molecule has 2 aromatic rings. The number of ether oxygens (including phenoxy) is 2. The maximum absolute atomic E-state index is 12.1. The first kappa shape index (κ1) is 18.8. The van der Waals surface area contributed by atoms with Crippen molar-refractivity contribution < 1.29 is 22.7 Å². The van der Waals surface area contributed by atoms with E-state index in [4.69, 9.17) is 9.47 Å². The van der Waals surface area contributed by atoms with Gasteiger partial charge in [-0.3, -0.25) is 4.79 Å². The van der Waals surface area contributed by atoms with Gasteiger partial charge in [0.1, 0.15) is 0 Å². The van der Waals surface area contributed by atoms with Gasteiger partial charge in [0.2, 0.25) is 5.91 Å². The highest BCUT2D eigenvalue weighted by molar-refractivity contribution is 7.90. The molecule has 2 aromatic carbocycles. The predicted octanol–water partition coefficient (Wildman–Crippen LogP) is 2.68. The summed E-state index contributed by atoms with van der Waals surface area (Å²) in [4.78, 5) is 12.3. The summed E-state index contributed by atoms with van der Waals surface area (Å²) in [6, 6.07) is 11.6. The zero-order chi connectivity index (χ0) is 18.4. The van der Waals surface area contributed by atoms with Gasteiger partial charge >= 0.3 is 0 Å². The molecule has 0 heterocycles. The number of sulfone groups is 1. The van der Waals surface area contributed by atoms with Crippen LogP contribution in [0, 0.1) is 0 Å². The van der Waals surface area contributed by atoms with Gasteiger partial charge in [-0.15, -0.1) is 0 Å². The Hall–Kier alpha value is -2.54. The molecule has 0 fully saturated rings. The van der Waals surface area contributed by atoms with Crippen molar-refractivity contribution in [3.63, 3.8) is 0 Å². The van der Waals surface area contributed by atoms with Gasteiger partial charge in [-0.05, 0) is 42.3 Å². The molecule has 0 aliphatic carbocycles. The number of aryl methyl sites for hydroxylation is 1. The van der Waals surface area contributed by atoms with Crippen LogP contribution < -0.4 is 14.8 Å². The fraction of sp³-hybridized carbons (Fsp3) is 0.278. The molecule has 0 aromatic heterocycles. The topological polar surface area (TPSA) is 81.7 Å². The first-order valence-corrected chi connectivity index (χ1v) is 9.54. The van der Waals surface area contributed by atoms with Crippen molar-refractivity contribution in [2.75, 3.05) is 25.8 Å². The number of nitrogens with one attached hydrogen (secondary N) is 1. The molecule has 0 atom stereocenters. The number of amides is 1. The minimum Gasteiger partial charge on any atom is -0.493 e. The lowest BCUT2D eigenvalue weighted by Crippen LogP contribution is -2.12. The van der Waals surface area contributed by atoms with Crippen LogP contribution in [0.3, 0.4) is 0 Å². The van der Waals surface area contributed by atoms with Crippen LogP contribution in [-0.2, 0) is 21.1 Å². The molecule has 25 heavy (non-hydrogen) atoms. The summed E-state index contributed by atoms with van der Waals surface area (Å²) in [5, 5.41) is 2.75. The standard InChI is InChI=1S/C18H21NO5S/c1-23-16-6-4-5-13(18(16)24-2)7-12-17(20)19-14-8-10-15(11-9-14)25(3,21)22/h4-6,8-11H,7,12H2,1-3H3,(H,19,20). The maximum Gasteiger partial charge on any atom is 0.224 e. The first-order chi connectivity index (χ1) is 11.8. The lowest BCUT2D eigenvalue weighted by Gasteiger charge is -2.12. The Morgan fingerprint density at radius 1 is 1.04 bits per heavy atom. The van der Waals surface area contributed by atoms with Crippen molar-refractivity contribution in [3.8, 4) is 11.5 Å². The molecule has 0 bridgehead atoms. The van der Waals surface area contributed by atoms with Gasteiger partial charge in [0, 0.05) is 18.4 Å². The molecule has 7 heteroatoms. The van der Waals surface area contributed by atoms with Crippen LogP contribution in [0.15, 0.2) is 47.4 Å². The van der Waals surface area contributed by atoms with Crippen LogP contribution in [0.1, 0.15) is 12.0 Å². The molecule has 0 spiro atoms. The van der Waals surface area contributed by atoms with Crippen molar-refractivity contribution >= 4 is 21.4 Å². The van der Waals surface area contributed by atoms with Gasteiger partial charge in [0.25, 0.3) is 0 Å². The highest BCUT2D eigenvalue weighted by Gasteiger charge is 2.12. The van der Waals surface area contributed by atoms with Crippen molar-refractivity contribution in [1.82, 2.24) is 0 Å². The van der Waals surface area contributed by atoms with Crippen LogP contribution in [0.4, 0.5) is 5.69 Å². The average Bonchev–Trinajstić information content (AvgIpc) is 2.59. The first-order valence-electron chi connectivity index (χ1n) is 7.65. The lowest BCUT2D eigenvalue weighted by molar-refractivity contribution is -0.116. The van der Waals surface area contributed by atoms with Crippen LogP contribution in [0.25, 0.3) is 0 Å². The molecule has 1 amide bonds. The van der Waals surface area contributed by atoms with E-state index in [1.54, 1.807) is 32.4 Å². The van der Waals surface area contributed by atoms with Crippen molar-refractivity contribution in [2.24, 2.45) is 0 Å².